The van der Waals surface area contributed by atoms with E-state index in [1.54, 1.807) is 7.11 Å². The molecule has 0 aliphatic heterocycles. The number of rotatable bonds is 8. The molecule has 0 aromatic heterocycles. The van der Waals surface area contributed by atoms with Crippen molar-refractivity contribution in [2.75, 3.05) is 33.4 Å². The van der Waals surface area contributed by atoms with Crippen LogP contribution in [-0.2, 0) is 9.53 Å². The van der Waals surface area contributed by atoms with E-state index < -0.39 is 0 Å². The summed E-state index contributed by atoms with van der Waals surface area (Å²) in [6.45, 7) is 2.38. The van der Waals surface area contributed by atoms with Gasteiger partial charge in [-0.3, -0.25) is 4.79 Å². The molecule has 1 rings (SSSR count). The van der Waals surface area contributed by atoms with Crippen molar-refractivity contribution in [1.82, 2.24) is 10.6 Å². The summed E-state index contributed by atoms with van der Waals surface area (Å²) >= 11 is 0. The highest BCUT2D eigenvalue weighted by molar-refractivity contribution is 5.77. The van der Waals surface area contributed by atoms with E-state index in [4.69, 9.17) is 4.74 Å². The van der Waals surface area contributed by atoms with Crippen molar-refractivity contribution in [1.29, 1.82) is 0 Å². The first kappa shape index (κ1) is 14.4. The van der Waals surface area contributed by atoms with Crippen LogP contribution in [0.5, 0.6) is 0 Å². The minimum absolute atomic E-state index is 0.00795. The fourth-order valence-corrected chi connectivity index (χ4v) is 2.13. The second kappa shape index (κ2) is 8.44. The molecule has 2 atom stereocenters. The Morgan fingerprint density at radius 3 is 2.94 bits per heavy atom. The molecule has 100 valence electrons. The number of aliphatic hydroxyl groups is 1. The maximum absolute atomic E-state index is 11.4. The Morgan fingerprint density at radius 1 is 1.47 bits per heavy atom. The number of aliphatic hydroxyl groups excluding tert-OH is 1. The van der Waals surface area contributed by atoms with Gasteiger partial charge in [-0.25, -0.2) is 0 Å². The number of nitrogens with one attached hydrogen (secondary N) is 2. The van der Waals surface area contributed by atoms with Crippen molar-refractivity contribution >= 4 is 5.91 Å². The Labute approximate surface area is 103 Å². The minimum atomic E-state index is -0.188. The molecule has 17 heavy (non-hydrogen) atoms. The van der Waals surface area contributed by atoms with Gasteiger partial charge in [0.15, 0.2) is 0 Å². The van der Waals surface area contributed by atoms with E-state index in [0.717, 1.165) is 32.2 Å². The maximum atomic E-state index is 11.4. The van der Waals surface area contributed by atoms with Crippen molar-refractivity contribution in [2.24, 2.45) is 5.92 Å². The van der Waals surface area contributed by atoms with Crippen LogP contribution in [0.4, 0.5) is 0 Å². The fraction of sp³-hybridized carbons (Fsp3) is 0.917. The van der Waals surface area contributed by atoms with Crippen molar-refractivity contribution in [3.63, 3.8) is 0 Å². The van der Waals surface area contributed by atoms with E-state index >= 15 is 0 Å². The third kappa shape index (κ3) is 6.00. The predicted molar refractivity (Wildman–Crippen MR) is 65.7 cm³/mol. The van der Waals surface area contributed by atoms with Crippen LogP contribution in [-0.4, -0.2) is 50.5 Å². The maximum Gasteiger partial charge on any atom is 0.233 e. The zero-order valence-electron chi connectivity index (χ0n) is 10.6. The standard InChI is InChI=1S/C12H24N2O3/c1-17-7-3-6-14-12(16)9-13-8-10-4-2-5-11(10)15/h10-11,13,15H,2-9H2,1H3,(H,14,16). The number of ether oxygens (including phenoxy) is 1. The third-order valence-electron chi connectivity index (χ3n) is 3.16. The van der Waals surface area contributed by atoms with Gasteiger partial charge in [0.05, 0.1) is 12.6 Å². The first-order valence-corrected chi connectivity index (χ1v) is 6.38. The van der Waals surface area contributed by atoms with Gasteiger partial charge in [-0.2, -0.15) is 0 Å². The smallest absolute Gasteiger partial charge is 0.233 e. The van der Waals surface area contributed by atoms with Gasteiger partial charge in [0.1, 0.15) is 0 Å². The first-order valence-electron chi connectivity index (χ1n) is 6.38. The van der Waals surface area contributed by atoms with Crippen LogP contribution >= 0.6 is 0 Å². The van der Waals surface area contributed by atoms with Gasteiger partial charge in [-0.05, 0) is 25.2 Å². The summed E-state index contributed by atoms with van der Waals surface area (Å²) in [5.74, 6) is 0.324. The van der Waals surface area contributed by atoms with Crippen LogP contribution in [0.15, 0.2) is 0 Å². The molecule has 0 aromatic rings. The van der Waals surface area contributed by atoms with Crippen LogP contribution in [0.25, 0.3) is 0 Å². The van der Waals surface area contributed by atoms with E-state index in [0.29, 0.717) is 25.6 Å². The number of hydrogen-bond acceptors (Lipinski definition) is 4. The highest BCUT2D eigenvalue weighted by Gasteiger charge is 2.24. The first-order chi connectivity index (χ1) is 8.24. The van der Waals surface area contributed by atoms with E-state index in [9.17, 15) is 9.90 Å². The summed E-state index contributed by atoms with van der Waals surface area (Å²) in [7, 11) is 1.65. The fourth-order valence-electron chi connectivity index (χ4n) is 2.13. The highest BCUT2D eigenvalue weighted by atomic mass is 16.5. The molecular formula is C12H24N2O3. The van der Waals surface area contributed by atoms with E-state index in [1.165, 1.54) is 0 Å². The van der Waals surface area contributed by atoms with Crippen molar-refractivity contribution in [3.8, 4) is 0 Å². The molecule has 2 unspecified atom stereocenters. The molecule has 0 saturated heterocycles. The quantitative estimate of drug-likeness (QED) is 0.521. The molecule has 1 saturated carbocycles. The molecule has 1 amide bonds. The SMILES string of the molecule is COCCCNC(=O)CNCC1CCCC1O. The van der Waals surface area contributed by atoms with E-state index in [1.807, 2.05) is 0 Å². The largest absolute Gasteiger partial charge is 0.393 e. The Kier molecular flexibility index (Phi) is 7.16. The number of carbonyl (C=O) groups is 1. The molecule has 0 heterocycles. The molecule has 0 aromatic carbocycles. The summed E-state index contributed by atoms with van der Waals surface area (Å²) in [5, 5.41) is 15.5. The van der Waals surface area contributed by atoms with Crippen molar-refractivity contribution in [3.05, 3.63) is 0 Å². The van der Waals surface area contributed by atoms with E-state index in [2.05, 4.69) is 10.6 Å². The summed E-state index contributed by atoms with van der Waals surface area (Å²) in [6, 6.07) is 0. The summed E-state index contributed by atoms with van der Waals surface area (Å²) in [6.07, 6.45) is 3.70. The summed E-state index contributed by atoms with van der Waals surface area (Å²) < 4.78 is 4.89. The van der Waals surface area contributed by atoms with Gasteiger partial charge < -0.3 is 20.5 Å². The lowest BCUT2D eigenvalue weighted by Gasteiger charge is -2.14. The van der Waals surface area contributed by atoms with Crippen LogP contribution in [0.2, 0.25) is 0 Å². The van der Waals surface area contributed by atoms with Crippen molar-refractivity contribution in [2.45, 2.75) is 31.8 Å². The van der Waals surface area contributed by atoms with Gasteiger partial charge in [-0.1, -0.05) is 6.42 Å². The molecular weight excluding hydrogens is 220 g/mol. The van der Waals surface area contributed by atoms with Gasteiger partial charge in [0.2, 0.25) is 5.91 Å². The predicted octanol–water partition coefficient (Wildman–Crippen LogP) is -0.110. The van der Waals surface area contributed by atoms with Gasteiger partial charge >= 0.3 is 0 Å². The molecule has 1 aliphatic carbocycles. The summed E-state index contributed by atoms with van der Waals surface area (Å²) in [5.41, 5.74) is 0. The number of hydrogen-bond donors (Lipinski definition) is 3. The van der Waals surface area contributed by atoms with Gasteiger partial charge in [0.25, 0.3) is 0 Å². The number of carbonyl (C=O) groups excluding carboxylic acids is 1. The molecule has 0 bridgehead atoms. The second-order valence-corrected chi connectivity index (χ2v) is 4.59. The summed E-state index contributed by atoms with van der Waals surface area (Å²) in [4.78, 5) is 11.4. The molecule has 0 radical (unpaired) electrons. The zero-order chi connectivity index (χ0) is 12.5. The topological polar surface area (TPSA) is 70.6 Å². The van der Waals surface area contributed by atoms with Crippen LogP contribution in [0.3, 0.4) is 0 Å². The number of amides is 1. The molecule has 1 aliphatic rings. The average molecular weight is 244 g/mol. The van der Waals surface area contributed by atoms with Crippen molar-refractivity contribution < 1.29 is 14.6 Å². The van der Waals surface area contributed by atoms with Gasteiger partial charge in [-0.15, -0.1) is 0 Å². The Hall–Kier alpha value is -0.650. The highest BCUT2D eigenvalue weighted by Crippen LogP contribution is 2.24. The minimum Gasteiger partial charge on any atom is -0.393 e. The lowest BCUT2D eigenvalue weighted by molar-refractivity contribution is -0.120. The monoisotopic (exact) mass is 244 g/mol. The molecule has 1 fully saturated rings. The Bertz CT molecular complexity index is 224. The average Bonchev–Trinajstić information content (AvgIpc) is 2.71. The van der Waals surface area contributed by atoms with Crippen LogP contribution in [0, 0.1) is 5.92 Å². The third-order valence-corrected chi connectivity index (χ3v) is 3.16. The Morgan fingerprint density at radius 2 is 2.29 bits per heavy atom. The zero-order valence-corrected chi connectivity index (χ0v) is 10.6. The lowest BCUT2D eigenvalue weighted by Crippen LogP contribution is -2.37. The normalized spacial score (nSPS) is 23.9. The second-order valence-electron chi connectivity index (χ2n) is 4.59. The van der Waals surface area contributed by atoms with E-state index in [-0.39, 0.29) is 12.0 Å². The molecule has 3 N–H and O–H groups in total. The Balaban J connectivity index is 1.96. The number of methoxy groups -OCH3 is 1. The molecule has 5 heteroatoms. The van der Waals surface area contributed by atoms with Gasteiger partial charge in [0, 0.05) is 26.8 Å². The molecule has 0 spiro atoms. The molecule has 5 nitrogen and oxygen atoms in total. The van der Waals surface area contributed by atoms with Crippen LogP contribution in [0.1, 0.15) is 25.7 Å². The van der Waals surface area contributed by atoms with Crippen LogP contribution < -0.4 is 10.6 Å². The lowest BCUT2D eigenvalue weighted by atomic mass is 10.1.